The molecule has 0 saturated heterocycles. The van der Waals surface area contributed by atoms with Crippen LogP contribution in [0.1, 0.15) is 20.8 Å². The third kappa shape index (κ3) is 4.76. The molecule has 0 aliphatic carbocycles. The lowest BCUT2D eigenvalue weighted by atomic mass is 9.96. The molecule has 0 aromatic rings. The number of halogens is 1. The highest BCUT2D eigenvalue weighted by Crippen LogP contribution is 2.51. The van der Waals surface area contributed by atoms with Crippen molar-refractivity contribution in [3.8, 4) is 0 Å². The summed E-state index contributed by atoms with van der Waals surface area (Å²) in [4.78, 5) is 28.5. The molecule has 0 bridgehead atoms. The van der Waals surface area contributed by atoms with Crippen molar-refractivity contribution in [1.29, 1.82) is 0 Å². The predicted octanol–water partition coefficient (Wildman–Crippen LogP) is 1.92. The molecule has 0 aliphatic heterocycles. The summed E-state index contributed by atoms with van der Waals surface area (Å²) in [5.74, 6) is -0.861. The van der Waals surface area contributed by atoms with Crippen LogP contribution in [0, 0.1) is 5.41 Å². The van der Waals surface area contributed by atoms with Crippen molar-refractivity contribution >= 4 is 29.7 Å². The fraction of sp³-hybridized carbons (Fsp3) is 0.625. The molecule has 0 aromatic carbocycles. The van der Waals surface area contributed by atoms with Gasteiger partial charge in [-0.2, -0.15) is 0 Å². The molecule has 16 heavy (non-hydrogen) atoms. The minimum absolute atomic E-state index is 0.861. The van der Waals surface area contributed by atoms with Crippen molar-refractivity contribution < 1.29 is 28.4 Å². The lowest BCUT2D eigenvalue weighted by molar-refractivity contribution is -0.188. The van der Waals surface area contributed by atoms with Crippen molar-refractivity contribution in [1.82, 2.24) is 0 Å². The second kappa shape index (κ2) is 4.98. The number of carbonyl (C=O) groups excluding carboxylic acids is 1. The third-order valence-electron chi connectivity index (χ3n) is 1.53. The highest BCUT2D eigenvalue weighted by Gasteiger charge is 2.49. The van der Waals surface area contributed by atoms with E-state index in [4.69, 9.17) is 14.5 Å². The monoisotopic (exact) mass is 316 g/mol. The van der Waals surface area contributed by atoms with E-state index in [9.17, 15) is 9.36 Å². The van der Waals surface area contributed by atoms with Gasteiger partial charge in [-0.3, -0.25) is 0 Å². The van der Waals surface area contributed by atoms with Crippen LogP contribution in [0.25, 0.3) is 0 Å². The third-order valence-corrected chi connectivity index (χ3v) is 3.79. The molecule has 0 aromatic heterocycles. The number of hydrogen-bond acceptors (Lipinski definition) is 4. The van der Waals surface area contributed by atoms with E-state index in [1.165, 1.54) is 0 Å². The summed E-state index contributed by atoms with van der Waals surface area (Å²) < 4.78 is 18.1. The molecule has 0 spiro atoms. The highest BCUT2D eigenvalue weighted by molar-refractivity contribution is 9.10. The van der Waals surface area contributed by atoms with Crippen LogP contribution in [0.5, 0.6) is 0 Å². The van der Waals surface area contributed by atoms with E-state index >= 15 is 0 Å². The Morgan fingerprint density at radius 3 is 2.12 bits per heavy atom. The topological polar surface area (TPSA) is 93.1 Å². The zero-order valence-corrected chi connectivity index (χ0v) is 11.6. The fourth-order valence-electron chi connectivity index (χ4n) is 0.633. The van der Waals surface area contributed by atoms with Gasteiger partial charge in [0.05, 0.1) is 0 Å². The van der Waals surface area contributed by atoms with Crippen LogP contribution in [-0.4, -0.2) is 20.5 Å². The van der Waals surface area contributed by atoms with E-state index in [1.54, 1.807) is 20.8 Å². The minimum Gasteiger partial charge on any atom is -0.418 e. The van der Waals surface area contributed by atoms with Crippen LogP contribution < -0.4 is 0 Å². The van der Waals surface area contributed by atoms with E-state index in [2.05, 4.69) is 27.0 Å². The van der Waals surface area contributed by atoms with Gasteiger partial charge in [-0.1, -0.05) is 27.4 Å². The van der Waals surface area contributed by atoms with Crippen LogP contribution in [-0.2, 0) is 18.6 Å². The van der Waals surface area contributed by atoms with Gasteiger partial charge in [0.2, 0.25) is 0 Å². The van der Waals surface area contributed by atoms with Gasteiger partial charge >= 0.3 is 13.8 Å². The van der Waals surface area contributed by atoms with Gasteiger partial charge in [-0.25, -0.2) is 13.9 Å². The zero-order valence-electron chi connectivity index (χ0n) is 9.14. The lowest BCUT2D eigenvalue weighted by Crippen LogP contribution is -2.42. The van der Waals surface area contributed by atoms with Gasteiger partial charge in [0, 0.05) is 11.5 Å². The maximum atomic E-state index is 11.1. The lowest BCUT2D eigenvalue weighted by Gasteiger charge is -2.37. The number of carbonyl (C=O) groups is 1. The van der Waals surface area contributed by atoms with Crippen LogP contribution >= 0.6 is 23.8 Å². The van der Waals surface area contributed by atoms with Gasteiger partial charge in [0.15, 0.2) is 0 Å². The van der Waals surface area contributed by atoms with Crippen LogP contribution in [0.2, 0.25) is 0 Å². The first kappa shape index (κ1) is 15.8. The molecule has 0 fully saturated rings. The second-order valence-electron chi connectivity index (χ2n) is 3.99. The Morgan fingerprint density at radius 2 is 1.88 bits per heavy atom. The first-order chi connectivity index (χ1) is 6.91. The molecule has 0 amide bonds. The van der Waals surface area contributed by atoms with Crippen LogP contribution in [0.15, 0.2) is 12.7 Å². The molecule has 0 aliphatic rings. The zero-order chi connectivity index (χ0) is 13.2. The number of alkyl halides is 1. The van der Waals surface area contributed by atoms with Crippen molar-refractivity contribution in [2.24, 2.45) is 5.41 Å². The summed E-state index contributed by atoms with van der Waals surface area (Å²) in [5.41, 5.74) is -0.896. The molecule has 2 N–H and O–H groups in total. The molecule has 1 atom stereocenters. The van der Waals surface area contributed by atoms with Crippen molar-refractivity contribution in [3.63, 3.8) is 0 Å². The minimum atomic E-state index is -4.81. The van der Waals surface area contributed by atoms with E-state index in [-0.39, 0.29) is 0 Å². The van der Waals surface area contributed by atoms with Crippen LogP contribution in [0.4, 0.5) is 0 Å². The van der Waals surface area contributed by atoms with E-state index in [0.717, 1.165) is 6.08 Å². The normalized spacial score (nSPS) is 16.4. The maximum absolute atomic E-state index is 11.1. The molecule has 8 heteroatoms. The average molecular weight is 317 g/mol. The number of phosphoric acid groups is 1. The maximum Gasteiger partial charge on any atom is 0.473 e. The molecule has 0 radical (unpaired) electrons. The SMILES string of the molecule is C=CC(=O)OC(Br)(OP(=O)(O)O)C(C)(C)C. The summed E-state index contributed by atoms with van der Waals surface area (Å²) in [6.07, 6.45) is 0.866. The standard InChI is InChI=1S/C8H14BrO6P/c1-5-6(10)14-8(9,7(2,3)4)15-16(11,12)13/h5H,1H2,2-4H3,(H2,11,12,13). The molecule has 0 rings (SSSR count). The fourth-order valence-corrected chi connectivity index (χ4v) is 1.98. The number of hydrogen-bond donors (Lipinski definition) is 2. The molecule has 1 unspecified atom stereocenters. The predicted molar refractivity (Wildman–Crippen MR) is 60.5 cm³/mol. The van der Waals surface area contributed by atoms with E-state index in [1.807, 2.05) is 0 Å². The molecule has 94 valence electrons. The first-order valence-electron chi connectivity index (χ1n) is 4.22. The van der Waals surface area contributed by atoms with Gasteiger partial charge in [-0.05, 0) is 15.9 Å². The smallest absolute Gasteiger partial charge is 0.418 e. The van der Waals surface area contributed by atoms with Gasteiger partial charge < -0.3 is 14.5 Å². The summed E-state index contributed by atoms with van der Waals surface area (Å²) >= 11 is 2.88. The molecule has 0 saturated carbocycles. The van der Waals surface area contributed by atoms with Crippen molar-refractivity contribution in [2.75, 3.05) is 0 Å². The van der Waals surface area contributed by atoms with Gasteiger partial charge in [-0.15, -0.1) is 0 Å². The largest absolute Gasteiger partial charge is 0.473 e. The number of ether oxygens (including phenoxy) is 1. The van der Waals surface area contributed by atoms with E-state index in [0.29, 0.717) is 0 Å². The Bertz CT molecular complexity index is 330. The Morgan fingerprint density at radius 1 is 1.44 bits per heavy atom. The molecule has 0 heterocycles. The second-order valence-corrected chi connectivity index (χ2v) is 6.20. The molecule has 6 nitrogen and oxygen atoms in total. The highest BCUT2D eigenvalue weighted by atomic mass is 79.9. The van der Waals surface area contributed by atoms with Gasteiger partial charge in [0.1, 0.15) is 0 Å². The summed E-state index contributed by atoms with van der Waals surface area (Å²) in [6, 6.07) is 0. The number of esters is 1. The number of phosphoric ester groups is 1. The Kier molecular flexibility index (Phi) is 4.91. The quantitative estimate of drug-likeness (QED) is 0.270. The van der Waals surface area contributed by atoms with Gasteiger partial charge in [0.25, 0.3) is 4.70 Å². The molecular formula is C8H14BrO6P. The van der Waals surface area contributed by atoms with Crippen molar-refractivity contribution in [2.45, 2.75) is 25.5 Å². The summed E-state index contributed by atoms with van der Waals surface area (Å²) in [7, 11) is -4.81. The Labute approximate surface area is 102 Å². The summed E-state index contributed by atoms with van der Waals surface area (Å²) in [5, 5.41) is 0. The van der Waals surface area contributed by atoms with E-state index < -0.39 is 23.9 Å². The van der Waals surface area contributed by atoms with Crippen molar-refractivity contribution in [3.05, 3.63) is 12.7 Å². The molecular weight excluding hydrogens is 303 g/mol. The number of rotatable bonds is 4. The Balaban J connectivity index is 5.13. The Hall–Kier alpha value is -0.200. The average Bonchev–Trinajstić information content (AvgIpc) is 1.98. The van der Waals surface area contributed by atoms with Crippen LogP contribution in [0.3, 0.4) is 0 Å². The summed E-state index contributed by atoms with van der Waals surface area (Å²) in [6.45, 7) is 7.91. The first-order valence-corrected chi connectivity index (χ1v) is 6.54.